The van der Waals surface area contributed by atoms with Gasteiger partial charge in [0.1, 0.15) is 0 Å². The number of nitrogens with zero attached hydrogens (tertiary/aromatic N) is 5. The van der Waals surface area contributed by atoms with E-state index in [0.717, 1.165) is 25.6 Å². The molecular formula is C11H12ClN5. The summed E-state index contributed by atoms with van der Waals surface area (Å²) in [5.41, 5.74) is 0. The molecule has 1 fully saturated rings. The summed E-state index contributed by atoms with van der Waals surface area (Å²) in [6.07, 6.45) is 8.90. The Bertz CT molecular complexity index is 475. The molecule has 2 aromatic rings. The van der Waals surface area contributed by atoms with Crippen LogP contribution in [0.3, 0.4) is 0 Å². The second-order valence-electron chi connectivity index (χ2n) is 4.23. The Kier molecular flexibility index (Phi) is 2.68. The average molecular weight is 250 g/mol. The molecular weight excluding hydrogens is 238 g/mol. The van der Waals surface area contributed by atoms with Crippen molar-refractivity contribution in [3.05, 3.63) is 36.1 Å². The smallest absolute Gasteiger partial charge is 0.225 e. The molecule has 0 bridgehead atoms. The van der Waals surface area contributed by atoms with Gasteiger partial charge in [-0.3, -0.25) is 0 Å². The van der Waals surface area contributed by atoms with Crippen molar-refractivity contribution in [2.45, 2.75) is 6.54 Å². The second kappa shape index (κ2) is 4.33. The van der Waals surface area contributed by atoms with Crippen molar-refractivity contribution >= 4 is 17.5 Å². The van der Waals surface area contributed by atoms with Gasteiger partial charge in [-0.15, -0.1) is 0 Å². The number of rotatable bonds is 3. The van der Waals surface area contributed by atoms with E-state index in [2.05, 4.69) is 24.4 Å². The Morgan fingerprint density at radius 1 is 1.29 bits per heavy atom. The van der Waals surface area contributed by atoms with E-state index < -0.39 is 0 Å². The highest BCUT2D eigenvalue weighted by Crippen LogP contribution is 2.22. The summed E-state index contributed by atoms with van der Waals surface area (Å²) < 4.78 is 2.10. The number of halogens is 1. The molecule has 1 aliphatic heterocycles. The Morgan fingerprint density at radius 3 is 2.71 bits per heavy atom. The number of anilines is 1. The normalized spacial score (nSPS) is 15.9. The lowest BCUT2D eigenvalue weighted by atomic mass is 10.0. The predicted molar refractivity (Wildman–Crippen MR) is 65.0 cm³/mol. The van der Waals surface area contributed by atoms with Crippen LogP contribution in [0.1, 0.15) is 0 Å². The van der Waals surface area contributed by atoms with Crippen molar-refractivity contribution in [2.24, 2.45) is 5.92 Å². The first-order chi connectivity index (χ1) is 8.31. The van der Waals surface area contributed by atoms with Crippen molar-refractivity contribution in [3.63, 3.8) is 0 Å². The van der Waals surface area contributed by atoms with Crippen molar-refractivity contribution in [3.8, 4) is 0 Å². The van der Waals surface area contributed by atoms with Gasteiger partial charge in [0.15, 0.2) is 0 Å². The molecule has 0 aliphatic carbocycles. The molecule has 1 saturated heterocycles. The van der Waals surface area contributed by atoms with Crippen LogP contribution in [0.15, 0.2) is 31.1 Å². The maximum atomic E-state index is 5.75. The lowest BCUT2D eigenvalue weighted by Gasteiger charge is -2.39. The standard InChI is InChI=1S/C11H12ClN5/c12-10-3-14-11(15-4-10)17-6-9(7-17)5-16-2-1-13-8-16/h1-4,8-9H,5-7H2. The third-order valence-corrected chi connectivity index (χ3v) is 3.07. The quantitative estimate of drug-likeness (QED) is 0.826. The first-order valence-electron chi connectivity index (χ1n) is 5.49. The molecule has 6 heteroatoms. The van der Waals surface area contributed by atoms with Crippen molar-refractivity contribution in [1.82, 2.24) is 19.5 Å². The van der Waals surface area contributed by atoms with Gasteiger partial charge < -0.3 is 9.47 Å². The van der Waals surface area contributed by atoms with Crippen LogP contribution in [0, 0.1) is 5.92 Å². The fraction of sp³-hybridized carbons (Fsp3) is 0.364. The summed E-state index contributed by atoms with van der Waals surface area (Å²) in [7, 11) is 0. The van der Waals surface area contributed by atoms with Crippen LogP contribution in [-0.2, 0) is 6.54 Å². The van der Waals surface area contributed by atoms with E-state index in [1.54, 1.807) is 18.6 Å². The minimum Gasteiger partial charge on any atom is -0.340 e. The van der Waals surface area contributed by atoms with Gasteiger partial charge in [-0.2, -0.15) is 0 Å². The van der Waals surface area contributed by atoms with Crippen molar-refractivity contribution in [1.29, 1.82) is 0 Å². The van der Waals surface area contributed by atoms with Crippen LogP contribution in [0.4, 0.5) is 5.95 Å². The predicted octanol–water partition coefficient (Wildman–Crippen LogP) is 1.46. The molecule has 1 aliphatic rings. The molecule has 88 valence electrons. The van der Waals surface area contributed by atoms with Crippen LogP contribution >= 0.6 is 11.6 Å². The van der Waals surface area contributed by atoms with Gasteiger partial charge in [0.25, 0.3) is 0 Å². The van der Waals surface area contributed by atoms with Crippen molar-refractivity contribution in [2.75, 3.05) is 18.0 Å². The van der Waals surface area contributed by atoms with Crippen molar-refractivity contribution < 1.29 is 0 Å². The number of aromatic nitrogens is 4. The Hall–Kier alpha value is -1.62. The van der Waals surface area contributed by atoms with Crippen LogP contribution in [0.2, 0.25) is 5.02 Å². The molecule has 0 unspecified atom stereocenters. The van der Waals surface area contributed by atoms with E-state index in [0.29, 0.717) is 10.9 Å². The number of hydrogen-bond donors (Lipinski definition) is 0. The lowest BCUT2D eigenvalue weighted by Crippen LogP contribution is -2.49. The molecule has 0 radical (unpaired) electrons. The zero-order valence-corrected chi connectivity index (χ0v) is 9.96. The third kappa shape index (κ3) is 2.24. The maximum Gasteiger partial charge on any atom is 0.225 e. The van der Waals surface area contributed by atoms with E-state index in [-0.39, 0.29) is 0 Å². The minimum absolute atomic E-state index is 0.573. The minimum atomic E-state index is 0.573. The van der Waals surface area contributed by atoms with Crippen LogP contribution in [0.5, 0.6) is 0 Å². The average Bonchev–Trinajstić information content (AvgIpc) is 2.77. The Labute approximate surface area is 104 Å². The SMILES string of the molecule is Clc1cnc(N2CC(Cn3ccnc3)C2)nc1. The molecule has 3 rings (SSSR count). The maximum absolute atomic E-state index is 5.75. The number of imidazole rings is 1. The van der Waals surface area contributed by atoms with Gasteiger partial charge >= 0.3 is 0 Å². The first-order valence-corrected chi connectivity index (χ1v) is 5.87. The van der Waals surface area contributed by atoms with Crippen LogP contribution < -0.4 is 4.90 Å². The Balaban J connectivity index is 1.56. The van der Waals surface area contributed by atoms with E-state index in [9.17, 15) is 0 Å². The van der Waals surface area contributed by atoms with Gasteiger partial charge in [0.2, 0.25) is 5.95 Å². The van der Waals surface area contributed by atoms with Gasteiger partial charge in [-0.05, 0) is 0 Å². The summed E-state index contributed by atoms with van der Waals surface area (Å²) >= 11 is 5.75. The number of hydrogen-bond acceptors (Lipinski definition) is 4. The summed E-state index contributed by atoms with van der Waals surface area (Å²) in [4.78, 5) is 14.6. The fourth-order valence-electron chi connectivity index (χ4n) is 2.01. The molecule has 0 aromatic carbocycles. The summed E-state index contributed by atoms with van der Waals surface area (Å²) in [6.45, 7) is 2.98. The highest BCUT2D eigenvalue weighted by atomic mass is 35.5. The molecule has 17 heavy (non-hydrogen) atoms. The highest BCUT2D eigenvalue weighted by molar-refractivity contribution is 6.30. The summed E-state index contributed by atoms with van der Waals surface area (Å²) in [6, 6.07) is 0. The van der Waals surface area contributed by atoms with Gasteiger partial charge in [0, 0.05) is 37.9 Å². The van der Waals surface area contributed by atoms with E-state index >= 15 is 0 Å². The molecule has 0 spiro atoms. The highest BCUT2D eigenvalue weighted by Gasteiger charge is 2.28. The molecule has 3 heterocycles. The van der Waals surface area contributed by atoms with E-state index in [4.69, 9.17) is 11.6 Å². The van der Waals surface area contributed by atoms with Gasteiger partial charge in [-0.25, -0.2) is 15.0 Å². The summed E-state index contributed by atoms with van der Waals surface area (Å²) in [5.74, 6) is 1.40. The summed E-state index contributed by atoms with van der Waals surface area (Å²) in [5, 5.41) is 0.573. The molecule has 5 nitrogen and oxygen atoms in total. The third-order valence-electron chi connectivity index (χ3n) is 2.87. The molecule has 0 N–H and O–H groups in total. The largest absolute Gasteiger partial charge is 0.340 e. The van der Waals surface area contributed by atoms with E-state index in [1.807, 2.05) is 12.5 Å². The lowest BCUT2D eigenvalue weighted by molar-refractivity contribution is 0.352. The Morgan fingerprint density at radius 2 is 2.06 bits per heavy atom. The molecule has 0 amide bonds. The second-order valence-corrected chi connectivity index (χ2v) is 4.67. The topological polar surface area (TPSA) is 46.8 Å². The van der Waals surface area contributed by atoms with Gasteiger partial charge in [-0.1, -0.05) is 11.6 Å². The monoisotopic (exact) mass is 249 g/mol. The van der Waals surface area contributed by atoms with Gasteiger partial charge in [0.05, 0.1) is 23.7 Å². The molecule has 0 saturated carbocycles. The van der Waals surface area contributed by atoms with E-state index in [1.165, 1.54) is 0 Å². The van der Waals surface area contributed by atoms with Crippen LogP contribution in [0.25, 0.3) is 0 Å². The fourth-order valence-corrected chi connectivity index (χ4v) is 2.11. The zero-order chi connectivity index (χ0) is 11.7. The molecule has 2 aromatic heterocycles. The first kappa shape index (κ1) is 10.5. The zero-order valence-electron chi connectivity index (χ0n) is 9.20. The molecule has 0 atom stereocenters. The van der Waals surface area contributed by atoms with Crippen LogP contribution in [-0.4, -0.2) is 32.6 Å².